The van der Waals surface area contributed by atoms with Gasteiger partial charge in [0.05, 0.1) is 32.9 Å². The number of para-hydroxylation sites is 4. The second kappa shape index (κ2) is 35.5. The smallest absolute Gasteiger partial charge is 0.0714 e. The van der Waals surface area contributed by atoms with Gasteiger partial charge in [0.2, 0.25) is 0 Å². The molecule has 0 atom stereocenters. The number of fused-ring (bicyclic) bond motifs is 20. The molecule has 0 saturated heterocycles. The number of thiophene rings is 2. The Morgan fingerprint density at radius 2 is 0.532 bits per heavy atom. The van der Waals surface area contributed by atoms with E-state index in [1.165, 1.54) is 207 Å². The summed E-state index contributed by atoms with van der Waals surface area (Å²) in [5.74, 6) is 0. The Bertz CT molecular complexity index is 9130. The Balaban J connectivity index is 0.000000120. The van der Waals surface area contributed by atoms with Gasteiger partial charge in [-0.2, -0.15) is 0 Å². The molecule has 1 N–H and O–H groups in total. The van der Waals surface area contributed by atoms with Crippen molar-refractivity contribution < 1.29 is 0 Å². The molecule has 2 aliphatic carbocycles. The summed E-state index contributed by atoms with van der Waals surface area (Å²) in [6, 6.07) is 195. The molecular formula is C134H89BrN4S2. The van der Waals surface area contributed by atoms with Gasteiger partial charge in [0, 0.05) is 117 Å². The Morgan fingerprint density at radius 3 is 0.965 bits per heavy atom. The maximum absolute atomic E-state index is 3.68. The van der Waals surface area contributed by atoms with Gasteiger partial charge < -0.3 is 19.4 Å². The van der Waals surface area contributed by atoms with Crippen LogP contribution in [0.5, 0.6) is 0 Å². The molecule has 0 fully saturated rings. The normalized spacial score (nSPS) is 12.5. The largest absolute Gasteiger partial charge is 0.356 e. The minimum Gasteiger partial charge on any atom is -0.356 e. The van der Waals surface area contributed by atoms with Crippen LogP contribution in [0.3, 0.4) is 0 Å². The molecule has 4 nitrogen and oxygen atoms in total. The van der Waals surface area contributed by atoms with E-state index in [4.69, 9.17) is 0 Å². The molecule has 22 aromatic carbocycles. The number of hydrogen-bond donors (Lipinski definition) is 1. The lowest BCUT2D eigenvalue weighted by molar-refractivity contribution is 0.768. The first-order chi connectivity index (χ1) is 69.9. The SMILES string of the molecule is Brc1ccc(-c2cc3c4ccccc4n(-c4ccccc4)c3c3c2sc2ccccc23)cc1.c1ccc(-c2ccc(N(c3ccc(-c4cc5c6ccccc6n(-c6ccccc6)c5c5c4sc4ccccc45)cc3)c3ccc4c(c3)C(c3ccccc3)(c3ccccc3)c3ccccc3-4)cc2)cc1.c1ccc(-c2ccc(Nc3ccc4c(c3)C(c3ccccc3)(c3ccccc3)c3ccccc3-4)cc2)cc1. The monoisotopic (exact) mass is 1900 g/mol. The number of nitrogens with zero attached hydrogens (tertiary/aromatic N) is 3. The van der Waals surface area contributed by atoms with Crippen molar-refractivity contribution in [3.63, 3.8) is 0 Å². The number of aromatic nitrogens is 2. The molecule has 4 heterocycles. The highest BCUT2D eigenvalue weighted by Gasteiger charge is 2.48. The zero-order valence-electron chi connectivity index (χ0n) is 76.8. The number of rotatable bonds is 15. The van der Waals surface area contributed by atoms with Crippen molar-refractivity contribution in [1.29, 1.82) is 0 Å². The number of benzene rings is 22. The maximum atomic E-state index is 3.68. The van der Waals surface area contributed by atoms with Gasteiger partial charge in [-0.1, -0.05) is 416 Å². The first-order valence-corrected chi connectivity index (χ1v) is 50.6. The van der Waals surface area contributed by atoms with Crippen molar-refractivity contribution in [3.8, 4) is 78.1 Å². The topological polar surface area (TPSA) is 25.1 Å². The zero-order chi connectivity index (χ0) is 93.5. The van der Waals surface area contributed by atoms with Crippen LogP contribution in [0, 0.1) is 0 Å². The number of hydrogen-bond acceptors (Lipinski definition) is 4. The first-order valence-electron chi connectivity index (χ1n) is 48.2. The van der Waals surface area contributed by atoms with Gasteiger partial charge in [0.25, 0.3) is 0 Å². The van der Waals surface area contributed by atoms with Crippen LogP contribution in [0.25, 0.3) is 162 Å². The average Bonchev–Trinajstić information content (AvgIpc) is 1.54. The van der Waals surface area contributed by atoms with Crippen molar-refractivity contribution in [2.24, 2.45) is 0 Å². The molecule has 26 aromatic rings. The summed E-state index contributed by atoms with van der Waals surface area (Å²) >= 11 is 7.38. The third-order valence-corrected chi connectivity index (χ3v) is 31.8. The molecule has 0 saturated carbocycles. The van der Waals surface area contributed by atoms with Crippen LogP contribution in [0.1, 0.15) is 44.5 Å². The summed E-state index contributed by atoms with van der Waals surface area (Å²) in [6.07, 6.45) is 0. The fourth-order valence-electron chi connectivity index (χ4n) is 22.7. The molecule has 0 unspecified atom stereocenters. The van der Waals surface area contributed by atoms with E-state index < -0.39 is 5.41 Å². The Morgan fingerprint density at radius 1 is 0.220 bits per heavy atom. The summed E-state index contributed by atoms with van der Waals surface area (Å²) in [6.45, 7) is 0. The number of anilines is 5. The van der Waals surface area contributed by atoms with Gasteiger partial charge in [-0.3, -0.25) is 0 Å². The van der Waals surface area contributed by atoms with E-state index in [9.17, 15) is 0 Å². The van der Waals surface area contributed by atoms with Gasteiger partial charge in [-0.25, -0.2) is 0 Å². The van der Waals surface area contributed by atoms with Gasteiger partial charge in [0.15, 0.2) is 0 Å². The minimum absolute atomic E-state index is 0.386. The Hall–Kier alpha value is -17.0. The van der Waals surface area contributed by atoms with Crippen molar-refractivity contribution in [1.82, 2.24) is 9.13 Å². The van der Waals surface area contributed by atoms with Crippen LogP contribution in [0.2, 0.25) is 0 Å². The fourth-order valence-corrected chi connectivity index (χ4v) is 25.5. The third kappa shape index (κ3) is 14.3. The predicted octanol–water partition coefficient (Wildman–Crippen LogP) is 37.4. The second-order valence-electron chi connectivity index (χ2n) is 36.5. The lowest BCUT2D eigenvalue weighted by Gasteiger charge is -2.35. The maximum Gasteiger partial charge on any atom is 0.0714 e. The van der Waals surface area contributed by atoms with Gasteiger partial charge in [-0.15, -0.1) is 22.7 Å². The predicted molar refractivity (Wildman–Crippen MR) is 602 cm³/mol. The van der Waals surface area contributed by atoms with E-state index in [2.05, 4.69) is 569 Å². The molecule has 0 amide bonds. The molecule has 7 heteroatoms. The summed E-state index contributed by atoms with van der Waals surface area (Å²) in [7, 11) is 0. The molecule has 0 aliphatic heterocycles. The molecular weight excluding hydrogens is 1810 g/mol. The molecule has 0 radical (unpaired) electrons. The molecule has 664 valence electrons. The summed E-state index contributed by atoms with van der Waals surface area (Å²) in [5.41, 5.74) is 37.1. The summed E-state index contributed by atoms with van der Waals surface area (Å²) < 4.78 is 11.3. The Labute approximate surface area is 835 Å². The van der Waals surface area contributed by atoms with E-state index in [1.807, 2.05) is 22.7 Å². The number of halogens is 1. The summed E-state index contributed by atoms with van der Waals surface area (Å²) in [4.78, 5) is 2.44. The van der Waals surface area contributed by atoms with Crippen molar-refractivity contribution >= 4 is 151 Å². The molecule has 0 spiro atoms. The van der Waals surface area contributed by atoms with Crippen LogP contribution >= 0.6 is 38.6 Å². The van der Waals surface area contributed by atoms with E-state index in [0.29, 0.717) is 0 Å². The zero-order valence-corrected chi connectivity index (χ0v) is 80.1. The van der Waals surface area contributed by atoms with Crippen LogP contribution in [0.15, 0.2) is 538 Å². The standard InChI is InChI=1S/C67H44N2S.C37H27N.C30H18BrNS/c1-5-19-45(20-6-1)46-33-37-51(38-34-46)68(53-41-42-55-54-27-13-16-30-60(54)67(61(55)43-53,48-21-7-2-8-22-48)49-23-9-3-10-24-49)52-39-35-47(36-40-52)58-44-59-56-28-14-17-31-62(56)69(50-25-11-4-12-26-50)65(59)64-57-29-15-18-32-63(57)70-66(58)64;1-4-12-27(13-5-1)28-20-22-31(23-21-28)38-32-24-25-34-33-18-10-11-19-35(33)37(36(34)26-32,29-14-6-2-7-15-29)30-16-8-3-9-17-30;31-20-16-14-19(15-17-20)24-18-25-22-10-4-6-12-26(22)32(21-8-2-1-3-9-21)29(25)28-23-11-5-7-13-27(23)33-30(24)28/h1-44H;1-26,38H;1-18H. The Kier molecular flexibility index (Phi) is 21.3. The lowest BCUT2D eigenvalue weighted by Crippen LogP contribution is -2.28. The fraction of sp³-hybridized carbons (Fsp3) is 0.0149. The average molecular weight is 1900 g/mol. The van der Waals surface area contributed by atoms with Crippen LogP contribution in [-0.4, -0.2) is 9.13 Å². The molecule has 28 rings (SSSR count). The highest BCUT2D eigenvalue weighted by Crippen LogP contribution is 2.60. The second-order valence-corrected chi connectivity index (χ2v) is 39.6. The van der Waals surface area contributed by atoms with E-state index >= 15 is 0 Å². The number of nitrogens with one attached hydrogen (secondary N) is 1. The van der Waals surface area contributed by atoms with Crippen molar-refractivity contribution in [3.05, 3.63) is 583 Å². The van der Waals surface area contributed by atoms with Crippen LogP contribution in [0.4, 0.5) is 28.4 Å². The molecule has 4 aromatic heterocycles. The minimum atomic E-state index is -0.519. The van der Waals surface area contributed by atoms with Crippen molar-refractivity contribution in [2.45, 2.75) is 10.8 Å². The molecule has 0 bridgehead atoms. The summed E-state index contributed by atoms with van der Waals surface area (Å²) in [5, 5.41) is 14.0. The highest BCUT2D eigenvalue weighted by atomic mass is 79.9. The van der Waals surface area contributed by atoms with Gasteiger partial charge in [0.1, 0.15) is 0 Å². The quantitative estimate of drug-likeness (QED) is 0.111. The van der Waals surface area contributed by atoms with Crippen LogP contribution < -0.4 is 10.2 Å². The molecule has 2 aliphatic rings. The van der Waals surface area contributed by atoms with Crippen LogP contribution in [-0.2, 0) is 10.8 Å². The lowest BCUT2D eigenvalue weighted by atomic mass is 9.67. The molecule has 141 heavy (non-hydrogen) atoms. The van der Waals surface area contributed by atoms with Gasteiger partial charge >= 0.3 is 0 Å². The van der Waals surface area contributed by atoms with Gasteiger partial charge in [-0.05, 0) is 234 Å². The highest BCUT2D eigenvalue weighted by molar-refractivity contribution is 9.10. The third-order valence-electron chi connectivity index (χ3n) is 28.9. The van der Waals surface area contributed by atoms with E-state index in [0.717, 1.165) is 32.9 Å². The first kappa shape index (κ1) is 84.5. The van der Waals surface area contributed by atoms with Crippen molar-refractivity contribution in [2.75, 3.05) is 10.2 Å². The van der Waals surface area contributed by atoms with E-state index in [-0.39, 0.29) is 5.41 Å². The van der Waals surface area contributed by atoms with E-state index in [1.54, 1.807) is 0 Å².